The highest BCUT2D eigenvalue weighted by Crippen LogP contribution is 2.30. The number of nitrogens with zero attached hydrogens (tertiary/aromatic N) is 4. The van der Waals surface area contributed by atoms with Crippen molar-refractivity contribution in [2.45, 2.75) is 18.8 Å². The van der Waals surface area contributed by atoms with Crippen molar-refractivity contribution in [1.82, 2.24) is 20.0 Å². The molecule has 1 N–H and O–H groups in total. The molecule has 0 radical (unpaired) electrons. The maximum Gasteiger partial charge on any atom is 0.321 e. The van der Waals surface area contributed by atoms with Crippen LogP contribution >= 0.6 is 0 Å². The number of nitrogens with one attached hydrogen (secondary N) is 1. The van der Waals surface area contributed by atoms with E-state index in [9.17, 15) is 4.79 Å². The minimum Gasteiger partial charge on any atom is -0.339 e. The van der Waals surface area contributed by atoms with Crippen LogP contribution in [0.1, 0.15) is 24.7 Å². The van der Waals surface area contributed by atoms with Crippen molar-refractivity contribution in [1.29, 1.82) is 0 Å². The maximum absolute atomic E-state index is 12.9. The first-order valence-electron chi connectivity index (χ1n) is 11.5. The third-order valence-electron chi connectivity index (χ3n) is 6.45. The zero-order valence-electron chi connectivity index (χ0n) is 18.5. The Morgan fingerprint density at radius 2 is 1.71 bits per heavy atom. The summed E-state index contributed by atoms with van der Waals surface area (Å²) in [6, 6.07) is 23.9. The number of likely N-dealkylation sites (tertiary alicyclic amines) is 1. The predicted molar refractivity (Wildman–Crippen MR) is 132 cm³/mol. The Labute approximate surface area is 196 Å². The van der Waals surface area contributed by atoms with E-state index in [1.54, 1.807) is 6.20 Å². The smallest absolute Gasteiger partial charge is 0.321 e. The summed E-state index contributed by atoms with van der Waals surface area (Å²) in [6.45, 7) is 1.27. The van der Waals surface area contributed by atoms with E-state index in [2.05, 4.69) is 20.4 Å². The summed E-state index contributed by atoms with van der Waals surface area (Å²) in [5.74, 6) is 1.30. The van der Waals surface area contributed by atoms with E-state index < -0.39 is 0 Å². The molecule has 1 aliphatic heterocycles. The van der Waals surface area contributed by atoms with Gasteiger partial charge in [-0.2, -0.15) is 4.98 Å². The van der Waals surface area contributed by atoms with Gasteiger partial charge in [0.1, 0.15) is 0 Å². The Morgan fingerprint density at radius 1 is 0.941 bits per heavy atom. The minimum atomic E-state index is -0.0803. The van der Waals surface area contributed by atoms with Gasteiger partial charge in [0.15, 0.2) is 0 Å². The van der Waals surface area contributed by atoms with Crippen LogP contribution in [0.15, 0.2) is 83.5 Å². The van der Waals surface area contributed by atoms with Gasteiger partial charge in [-0.25, -0.2) is 4.79 Å². The number of hydrogen-bond donors (Lipinski definition) is 1. The summed E-state index contributed by atoms with van der Waals surface area (Å²) < 4.78 is 5.60. The van der Waals surface area contributed by atoms with E-state index >= 15 is 0 Å². The first-order valence-corrected chi connectivity index (χ1v) is 11.5. The van der Waals surface area contributed by atoms with E-state index in [-0.39, 0.29) is 11.9 Å². The van der Waals surface area contributed by atoms with Crippen LogP contribution in [0.2, 0.25) is 0 Å². The Kier molecular flexibility index (Phi) is 5.14. The lowest BCUT2D eigenvalue weighted by Gasteiger charge is -2.30. The van der Waals surface area contributed by atoms with Gasteiger partial charge < -0.3 is 14.7 Å². The average molecular weight is 450 g/mol. The van der Waals surface area contributed by atoms with Crippen LogP contribution in [0.25, 0.3) is 33.1 Å². The molecule has 34 heavy (non-hydrogen) atoms. The highest BCUT2D eigenvalue weighted by Gasteiger charge is 2.28. The molecule has 0 unspecified atom stereocenters. The fourth-order valence-electron chi connectivity index (χ4n) is 4.57. The molecule has 168 valence electrons. The van der Waals surface area contributed by atoms with Crippen molar-refractivity contribution in [2.24, 2.45) is 0 Å². The summed E-state index contributed by atoms with van der Waals surface area (Å²) in [5, 5.41) is 10.4. The Hall–Kier alpha value is -4.26. The highest BCUT2D eigenvalue weighted by atomic mass is 16.5. The first kappa shape index (κ1) is 20.4. The molecule has 1 fully saturated rings. The maximum atomic E-state index is 12.9. The van der Waals surface area contributed by atoms with Crippen molar-refractivity contribution < 1.29 is 9.32 Å². The zero-order chi connectivity index (χ0) is 22.9. The fraction of sp³-hybridized carbons (Fsp3) is 0.185. The minimum absolute atomic E-state index is 0.0803. The quantitative estimate of drug-likeness (QED) is 0.374. The lowest BCUT2D eigenvalue weighted by atomic mass is 9.97. The van der Waals surface area contributed by atoms with Crippen molar-refractivity contribution in [2.75, 3.05) is 18.4 Å². The van der Waals surface area contributed by atoms with E-state index in [1.165, 1.54) is 0 Å². The van der Waals surface area contributed by atoms with E-state index in [1.807, 2.05) is 77.7 Å². The number of aromatic nitrogens is 3. The number of carbonyl (C=O) groups is 1. The molecule has 7 heteroatoms. The molecule has 2 aromatic heterocycles. The second-order valence-electron chi connectivity index (χ2n) is 8.59. The van der Waals surface area contributed by atoms with Gasteiger partial charge in [-0.15, -0.1) is 0 Å². The molecule has 0 aliphatic carbocycles. The molecule has 7 nitrogen and oxygen atoms in total. The molecular weight excluding hydrogens is 426 g/mol. The number of rotatable bonds is 3. The molecule has 1 saturated heterocycles. The summed E-state index contributed by atoms with van der Waals surface area (Å²) >= 11 is 0. The van der Waals surface area contributed by atoms with E-state index in [4.69, 9.17) is 4.52 Å². The number of piperidine rings is 1. The van der Waals surface area contributed by atoms with Crippen LogP contribution in [0, 0.1) is 0 Å². The van der Waals surface area contributed by atoms with Gasteiger partial charge in [0.25, 0.3) is 0 Å². The van der Waals surface area contributed by atoms with Gasteiger partial charge in [-0.3, -0.25) is 4.98 Å². The van der Waals surface area contributed by atoms with Crippen LogP contribution < -0.4 is 5.32 Å². The van der Waals surface area contributed by atoms with E-state index in [0.29, 0.717) is 24.8 Å². The first-order chi connectivity index (χ1) is 16.7. The van der Waals surface area contributed by atoms with Gasteiger partial charge in [-0.05, 0) is 36.4 Å². The lowest BCUT2D eigenvalue weighted by Crippen LogP contribution is -2.40. The molecule has 0 saturated carbocycles. The third-order valence-corrected chi connectivity index (χ3v) is 6.45. The monoisotopic (exact) mass is 449 g/mol. The van der Waals surface area contributed by atoms with Crippen molar-refractivity contribution >= 4 is 33.4 Å². The largest absolute Gasteiger partial charge is 0.339 e. The van der Waals surface area contributed by atoms with Gasteiger partial charge in [0.2, 0.25) is 11.7 Å². The van der Waals surface area contributed by atoms with Crippen LogP contribution in [-0.4, -0.2) is 39.1 Å². The molecule has 3 aromatic carbocycles. The molecule has 1 aliphatic rings. The van der Waals surface area contributed by atoms with Crippen LogP contribution in [0.5, 0.6) is 0 Å². The van der Waals surface area contributed by atoms with Crippen LogP contribution in [0.4, 0.5) is 10.5 Å². The van der Waals surface area contributed by atoms with Gasteiger partial charge in [0.05, 0.1) is 11.2 Å². The Bertz CT molecular complexity index is 1480. The van der Waals surface area contributed by atoms with Crippen molar-refractivity contribution in [3.05, 3.63) is 84.9 Å². The fourth-order valence-corrected chi connectivity index (χ4v) is 4.57. The number of hydrogen-bond acceptors (Lipinski definition) is 5. The number of anilines is 1. The normalized spacial score (nSPS) is 14.5. The summed E-state index contributed by atoms with van der Waals surface area (Å²) in [6.07, 6.45) is 3.33. The van der Waals surface area contributed by atoms with Crippen LogP contribution in [0.3, 0.4) is 0 Å². The molecule has 6 rings (SSSR count). The number of fused-ring (bicyclic) bond motifs is 2. The standard InChI is InChI=1S/C27H23N5O2/c33-27(29-24-11-5-8-18-6-1-3-9-22(18)24)32-14-12-19(13-15-32)26-30-25(31-34-26)21-16-20-7-2-4-10-23(20)28-17-21/h1-11,16-17,19H,12-15H2,(H,29,33). The highest BCUT2D eigenvalue weighted by molar-refractivity contribution is 6.01. The molecule has 3 heterocycles. The van der Waals surface area contributed by atoms with Crippen LogP contribution in [-0.2, 0) is 0 Å². The summed E-state index contributed by atoms with van der Waals surface area (Å²) in [7, 11) is 0. The second kappa shape index (κ2) is 8.59. The molecule has 0 spiro atoms. The molecule has 0 bridgehead atoms. The third kappa shape index (κ3) is 3.85. The van der Waals surface area contributed by atoms with E-state index in [0.717, 1.165) is 45.8 Å². The Morgan fingerprint density at radius 3 is 2.59 bits per heavy atom. The lowest BCUT2D eigenvalue weighted by molar-refractivity contribution is 0.187. The van der Waals surface area contributed by atoms with Gasteiger partial charge >= 0.3 is 6.03 Å². The number of urea groups is 1. The molecule has 5 aromatic rings. The number of pyridine rings is 1. The van der Waals surface area contributed by atoms with Gasteiger partial charge in [-0.1, -0.05) is 59.8 Å². The molecular formula is C27H23N5O2. The average Bonchev–Trinajstić information content (AvgIpc) is 3.39. The zero-order valence-corrected chi connectivity index (χ0v) is 18.5. The van der Waals surface area contributed by atoms with Crippen molar-refractivity contribution in [3.63, 3.8) is 0 Å². The van der Waals surface area contributed by atoms with Crippen molar-refractivity contribution in [3.8, 4) is 11.4 Å². The summed E-state index contributed by atoms with van der Waals surface area (Å²) in [5.41, 5.74) is 2.60. The number of benzene rings is 3. The summed E-state index contributed by atoms with van der Waals surface area (Å²) in [4.78, 5) is 23.9. The molecule has 0 atom stereocenters. The number of carbonyl (C=O) groups excluding carboxylic acids is 1. The SMILES string of the molecule is O=C(Nc1cccc2ccccc12)N1CCC(c2nc(-c3cnc4ccccc4c3)no2)CC1. The number of para-hydroxylation sites is 1. The number of amides is 2. The van der Waals surface area contributed by atoms with Gasteiger partial charge in [0, 0.05) is 41.5 Å². The second-order valence-corrected chi connectivity index (χ2v) is 8.59. The Balaban J connectivity index is 1.12. The molecule has 2 amide bonds. The topological polar surface area (TPSA) is 84.2 Å². The predicted octanol–water partition coefficient (Wildman–Crippen LogP) is 5.85.